The van der Waals surface area contributed by atoms with Crippen LogP contribution >= 0.6 is 0 Å². The van der Waals surface area contributed by atoms with Gasteiger partial charge in [0.25, 0.3) is 0 Å². The number of carbonyl (C=O) groups excluding carboxylic acids is 3. The van der Waals surface area contributed by atoms with Gasteiger partial charge in [0.1, 0.15) is 23.8 Å². The maximum Gasteiger partial charge on any atom is 0.308 e. The summed E-state index contributed by atoms with van der Waals surface area (Å²) in [7, 11) is 3.54. The van der Waals surface area contributed by atoms with Gasteiger partial charge < -0.3 is 23.7 Å². The summed E-state index contributed by atoms with van der Waals surface area (Å²) in [6, 6.07) is 9.28. The number of fused-ring (bicyclic) bond motifs is 1. The second-order valence-corrected chi connectivity index (χ2v) is 8.01. The van der Waals surface area contributed by atoms with Gasteiger partial charge in [-0.15, -0.1) is 0 Å². The number of nitrogens with zero attached hydrogens (tertiary/aromatic N) is 3. The van der Waals surface area contributed by atoms with E-state index < -0.39 is 22.8 Å². The van der Waals surface area contributed by atoms with Gasteiger partial charge in [-0.3, -0.25) is 24.5 Å². The summed E-state index contributed by atoms with van der Waals surface area (Å²) in [5, 5.41) is 12.5. The van der Waals surface area contributed by atoms with Crippen molar-refractivity contribution in [3.8, 4) is 17.2 Å². The summed E-state index contributed by atoms with van der Waals surface area (Å²) in [5.74, 6) is -1.28. The van der Waals surface area contributed by atoms with Crippen LogP contribution in [-0.4, -0.2) is 46.4 Å². The van der Waals surface area contributed by atoms with Crippen molar-refractivity contribution in [3.05, 3.63) is 64.0 Å². The zero-order valence-electron chi connectivity index (χ0n) is 20.4. The van der Waals surface area contributed by atoms with Crippen LogP contribution in [0.4, 0.5) is 5.69 Å². The standard InChI is InChI=1S/C25H25N3O8/c1-15(29)34-14-21-23(36-17(3)31)11-10-20-24(21)27(18-6-8-19(9-7-18)35-16(2)30)22(12-13-26(4)5)25(20)28(32)33/h6-13H,14H2,1-5H3. The number of hydrogen-bond donors (Lipinski definition) is 0. The molecule has 2 aromatic carbocycles. The lowest BCUT2D eigenvalue weighted by molar-refractivity contribution is -0.383. The minimum absolute atomic E-state index is 0.101. The predicted molar refractivity (Wildman–Crippen MR) is 131 cm³/mol. The van der Waals surface area contributed by atoms with Crippen LogP contribution in [-0.2, 0) is 25.7 Å². The molecule has 0 N–H and O–H groups in total. The van der Waals surface area contributed by atoms with Crippen LogP contribution in [0.3, 0.4) is 0 Å². The molecule has 0 radical (unpaired) electrons. The maximum absolute atomic E-state index is 12.3. The highest BCUT2D eigenvalue weighted by Gasteiger charge is 2.29. The second-order valence-electron chi connectivity index (χ2n) is 8.01. The number of aromatic nitrogens is 1. The van der Waals surface area contributed by atoms with Crippen molar-refractivity contribution in [3.63, 3.8) is 0 Å². The van der Waals surface area contributed by atoms with Crippen molar-refractivity contribution in [1.29, 1.82) is 0 Å². The summed E-state index contributed by atoms with van der Waals surface area (Å²) in [6.07, 6.45) is 3.24. The highest BCUT2D eigenvalue weighted by atomic mass is 16.6. The molecule has 0 spiro atoms. The van der Waals surface area contributed by atoms with E-state index in [1.807, 2.05) is 0 Å². The third kappa shape index (κ3) is 5.69. The molecule has 11 heteroatoms. The first-order chi connectivity index (χ1) is 17.0. The van der Waals surface area contributed by atoms with Crippen molar-refractivity contribution in [2.75, 3.05) is 14.1 Å². The number of nitro groups is 1. The lowest BCUT2D eigenvalue weighted by atomic mass is 10.1. The Bertz CT molecular complexity index is 1370. The Hall–Kier alpha value is -4.67. The first-order valence-corrected chi connectivity index (χ1v) is 10.8. The number of ether oxygens (including phenoxy) is 3. The molecule has 3 rings (SSSR count). The molecule has 11 nitrogen and oxygen atoms in total. The van der Waals surface area contributed by atoms with Crippen molar-refractivity contribution in [1.82, 2.24) is 9.47 Å². The zero-order chi connectivity index (χ0) is 26.6. The average molecular weight is 495 g/mol. The average Bonchev–Trinajstić information content (AvgIpc) is 3.11. The lowest BCUT2D eigenvalue weighted by Gasteiger charge is -2.15. The Labute approximate surface area is 206 Å². The minimum Gasteiger partial charge on any atom is -0.461 e. The topological polar surface area (TPSA) is 130 Å². The number of carbonyl (C=O) groups is 3. The number of hydrogen-bond acceptors (Lipinski definition) is 9. The van der Waals surface area contributed by atoms with Gasteiger partial charge >= 0.3 is 23.6 Å². The summed E-state index contributed by atoms with van der Waals surface area (Å²) >= 11 is 0. The number of esters is 3. The van der Waals surface area contributed by atoms with Gasteiger partial charge in [0.15, 0.2) is 0 Å². The van der Waals surface area contributed by atoms with Gasteiger partial charge in [-0.1, -0.05) is 0 Å². The van der Waals surface area contributed by atoms with E-state index in [0.29, 0.717) is 17.0 Å². The van der Waals surface area contributed by atoms with Gasteiger partial charge in [0.05, 0.1) is 21.4 Å². The monoisotopic (exact) mass is 495 g/mol. The molecular formula is C25H25N3O8. The summed E-state index contributed by atoms with van der Waals surface area (Å²) < 4.78 is 17.3. The Morgan fingerprint density at radius 1 is 0.972 bits per heavy atom. The van der Waals surface area contributed by atoms with Gasteiger partial charge in [-0.25, -0.2) is 0 Å². The molecule has 0 unspecified atom stereocenters. The molecule has 0 amide bonds. The Balaban J connectivity index is 2.45. The predicted octanol–water partition coefficient (Wildman–Crippen LogP) is 3.98. The Morgan fingerprint density at radius 2 is 1.61 bits per heavy atom. The molecule has 0 aliphatic heterocycles. The molecule has 1 aromatic heterocycles. The van der Waals surface area contributed by atoms with Gasteiger partial charge in [-0.05, 0) is 42.5 Å². The molecule has 0 bridgehead atoms. The molecule has 0 aliphatic carbocycles. The van der Waals surface area contributed by atoms with Gasteiger partial charge in [0.2, 0.25) is 0 Å². The number of rotatable bonds is 8. The third-order valence-corrected chi connectivity index (χ3v) is 4.95. The molecule has 0 saturated heterocycles. The van der Waals surface area contributed by atoms with Crippen molar-refractivity contribution in [2.24, 2.45) is 0 Å². The van der Waals surface area contributed by atoms with Crippen molar-refractivity contribution in [2.45, 2.75) is 27.4 Å². The van der Waals surface area contributed by atoms with Gasteiger partial charge in [-0.2, -0.15) is 0 Å². The Kier molecular flexibility index (Phi) is 7.73. The second kappa shape index (κ2) is 10.7. The first-order valence-electron chi connectivity index (χ1n) is 10.8. The molecule has 0 saturated carbocycles. The molecule has 3 aromatic rings. The summed E-state index contributed by atoms with van der Waals surface area (Å²) in [5.41, 5.74) is 1.12. The Morgan fingerprint density at radius 3 is 2.14 bits per heavy atom. The van der Waals surface area contributed by atoms with Crippen LogP contribution in [0.2, 0.25) is 0 Å². The normalized spacial score (nSPS) is 10.9. The highest BCUT2D eigenvalue weighted by molar-refractivity contribution is 5.99. The maximum atomic E-state index is 12.3. The molecular weight excluding hydrogens is 470 g/mol. The smallest absolute Gasteiger partial charge is 0.308 e. The van der Waals surface area contributed by atoms with E-state index in [9.17, 15) is 24.5 Å². The van der Waals surface area contributed by atoms with E-state index in [1.54, 1.807) is 60.1 Å². The molecule has 0 atom stereocenters. The summed E-state index contributed by atoms with van der Waals surface area (Å²) in [4.78, 5) is 48.2. The van der Waals surface area contributed by atoms with E-state index in [2.05, 4.69) is 0 Å². The SMILES string of the molecule is CC(=O)OCc1c(OC(C)=O)ccc2c([N+](=O)[O-])c(C=CN(C)C)n(-c3ccc(OC(C)=O)cc3)c12. The summed E-state index contributed by atoms with van der Waals surface area (Å²) in [6.45, 7) is 3.43. The molecule has 188 valence electrons. The molecule has 1 heterocycles. The fraction of sp³-hybridized carbons (Fsp3) is 0.240. The third-order valence-electron chi connectivity index (χ3n) is 4.95. The fourth-order valence-corrected chi connectivity index (χ4v) is 3.65. The van der Waals surface area contributed by atoms with E-state index in [-0.39, 0.29) is 34.7 Å². The quantitative estimate of drug-likeness (QED) is 0.197. The lowest BCUT2D eigenvalue weighted by Crippen LogP contribution is -2.09. The van der Waals surface area contributed by atoms with Crippen LogP contribution in [0.5, 0.6) is 11.5 Å². The van der Waals surface area contributed by atoms with E-state index in [1.165, 1.54) is 32.9 Å². The molecule has 0 aliphatic rings. The first kappa shape index (κ1) is 25.9. The highest BCUT2D eigenvalue weighted by Crippen LogP contribution is 2.41. The number of benzene rings is 2. The van der Waals surface area contributed by atoms with Gasteiger partial charge in [0, 0.05) is 46.8 Å². The fourth-order valence-electron chi connectivity index (χ4n) is 3.65. The van der Waals surface area contributed by atoms with Crippen LogP contribution in [0.1, 0.15) is 32.0 Å². The zero-order valence-corrected chi connectivity index (χ0v) is 20.4. The van der Waals surface area contributed by atoms with E-state index in [4.69, 9.17) is 14.2 Å². The van der Waals surface area contributed by atoms with E-state index >= 15 is 0 Å². The molecule has 0 fully saturated rings. The van der Waals surface area contributed by atoms with Crippen molar-refractivity contribution < 1.29 is 33.5 Å². The van der Waals surface area contributed by atoms with Crippen LogP contribution < -0.4 is 9.47 Å². The minimum atomic E-state index is -0.607. The largest absolute Gasteiger partial charge is 0.461 e. The van der Waals surface area contributed by atoms with Crippen LogP contribution in [0.25, 0.3) is 22.7 Å². The van der Waals surface area contributed by atoms with E-state index in [0.717, 1.165) is 0 Å². The van der Waals surface area contributed by atoms with Crippen molar-refractivity contribution >= 4 is 40.6 Å². The van der Waals surface area contributed by atoms with Crippen LogP contribution in [0, 0.1) is 10.1 Å². The molecule has 36 heavy (non-hydrogen) atoms. The van der Waals surface area contributed by atoms with Crippen LogP contribution in [0.15, 0.2) is 42.6 Å².